The number of nitro benzene ring substituents is 1. The Bertz CT molecular complexity index is 910. The van der Waals surface area contributed by atoms with Gasteiger partial charge in [-0.05, 0) is 36.8 Å². The Kier molecular flexibility index (Phi) is 6.73. The van der Waals surface area contributed by atoms with Gasteiger partial charge in [0.1, 0.15) is 0 Å². The van der Waals surface area contributed by atoms with Crippen LogP contribution in [0.4, 0.5) is 5.69 Å². The minimum Gasteiger partial charge on any atom is -0.298 e. The summed E-state index contributed by atoms with van der Waals surface area (Å²) in [4.78, 5) is 33.9. The number of non-ortho nitro benzene ring substituents is 1. The lowest BCUT2D eigenvalue weighted by molar-refractivity contribution is -0.384. The molecule has 2 aromatic rings. The van der Waals surface area contributed by atoms with E-state index in [-0.39, 0.29) is 16.4 Å². The molecule has 0 saturated heterocycles. The fourth-order valence-electron chi connectivity index (χ4n) is 1.98. The fraction of sp³-hybridized carbons (Fsp3) is 0.0556. The maximum atomic E-state index is 12.0. The van der Waals surface area contributed by atoms with Gasteiger partial charge in [-0.3, -0.25) is 35.9 Å². The molecule has 0 bridgehead atoms. The molecule has 27 heavy (non-hydrogen) atoms. The lowest BCUT2D eigenvalue weighted by atomic mass is 10.1. The molecule has 9 heteroatoms. The van der Waals surface area contributed by atoms with E-state index in [1.54, 1.807) is 6.08 Å². The molecule has 0 aliphatic heterocycles. The van der Waals surface area contributed by atoms with Crippen LogP contribution in [0.25, 0.3) is 6.08 Å². The van der Waals surface area contributed by atoms with Crippen LogP contribution in [0.2, 0.25) is 0 Å². The number of amides is 2. The van der Waals surface area contributed by atoms with Gasteiger partial charge in [0.25, 0.3) is 11.6 Å². The summed E-state index contributed by atoms with van der Waals surface area (Å²) in [5.74, 6) is -1.11. The van der Waals surface area contributed by atoms with E-state index in [0.717, 1.165) is 17.2 Å². The van der Waals surface area contributed by atoms with E-state index in [1.807, 2.05) is 31.2 Å². The molecule has 0 aliphatic carbocycles. The summed E-state index contributed by atoms with van der Waals surface area (Å²) >= 11 is 4.91. The first kappa shape index (κ1) is 19.7. The second-order valence-electron chi connectivity index (χ2n) is 5.45. The number of aryl methyl sites for hydroxylation is 1. The molecule has 0 unspecified atom stereocenters. The number of nitrogens with one attached hydrogen (secondary N) is 3. The molecule has 0 aromatic heterocycles. The average Bonchev–Trinajstić information content (AvgIpc) is 2.65. The summed E-state index contributed by atoms with van der Waals surface area (Å²) < 4.78 is 0. The molecule has 0 spiro atoms. The van der Waals surface area contributed by atoms with Crippen molar-refractivity contribution in [3.63, 3.8) is 0 Å². The van der Waals surface area contributed by atoms with Crippen LogP contribution in [0.1, 0.15) is 21.5 Å². The van der Waals surface area contributed by atoms with E-state index in [2.05, 4.69) is 16.2 Å². The molecular weight excluding hydrogens is 368 g/mol. The van der Waals surface area contributed by atoms with Gasteiger partial charge in [-0.25, -0.2) is 0 Å². The zero-order valence-electron chi connectivity index (χ0n) is 14.3. The van der Waals surface area contributed by atoms with Gasteiger partial charge in [0.05, 0.1) is 4.92 Å². The lowest BCUT2D eigenvalue weighted by Crippen LogP contribution is -2.48. The third-order valence-corrected chi connectivity index (χ3v) is 3.55. The molecule has 8 nitrogen and oxygen atoms in total. The van der Waals surface area contributed by atoms with Crippen LogP contribution in [0, 0.1) is 17.0 Å². The molecular formula is C18H16N4O4S. The number of hydrogen-bond acceptors (Lipinski definition) is 5. The highest BCUT2D eigenvalue weighted by Crippen LogP contribution is 2.12. The van der Waals surface area contributed by atoms with Gasteiger partial charge < -0.3 is 0 Å². The Morgan fingerprint density at radius 1 is 1.11 bits per heavy atom. The molecule has 138 valence electrons. The van der Waals surface area contributed by atoms with Crippen LogP contribution >= 0.6 is 12.2 Å². The van der Waals surface area contributed by atoms with Gasteiger partial charge in [0.2, 0.25) is 5.91 Å². The molecule has 2 rings (SSSR count). The van der Waals surface area contributed by atoms with Crippen molar-refractivity contribution in [2.24, 2.45) is 0 Å². The first-order chi connectivity index (χ1) is 12.8. The number of benzene rings is 2. The molecule has 2 amide bonds. The Morgan fingerprint density at radius 3 is 2.48 bits per heavy atom. The van der Waals surface area contributed by atoms with E-state index in [9.17, 15) is 19.7 Å². The van der Waals surface area contributed by atoms with Crippen LogP contribution < -0.4 is 16.2 Å². The lowest BCUT2D eigenvalue weighted by Gasteiger charge is -2.09. The van der Waals surface area contributed by atoms with Crippen molar-refractivity contribution >= 4 is 40.9 Å². The zero-order chi connectivity index (χ0) is 19.8. The van der Waals surface area contributed by atoms with Crippen molar-refractivity contribution in [1.82, 2.24) is 16.2 Å². The molecule has 0 heterocycles. The van der Waals surface area contributed by atoms with Crippen molar-refractivity contribution in [1.29, 1.82) is 0 Å². The van der Waals surface area contributed by atoms with E-state index < -0.39 is 16.7 Å². The van der Waals surface area contributed by atoms with Gasteiger partial charge in [-0.1, -0.05) is 35.9 Å². The summed E-state index contributed by atoms with van der Waals surface area (Å²) in [5, 5.41) is 13.0. The number of nitrogens with zero attached hydrogens (tertiary/aromatic N) is 1. The van der Waals surface area contributed by atoms with Gasteiger partial charge >= 0.3 is 0 Å². The van der Waals surface area contributed by atoms with Crippen molar-refractivity contribution < 1.29 is 14.5 Å². The van der Waals surface area contributed by atoms with Crippen molar-refractivity contribution in [3.8, 4) is 0 Å². The molecule has 2 aromatic carbocycles. The predicted molar refractivity (Wildman–Crippen MR) is 105 cm³/mol. The second kappa shape index (κ2) is 9.20. The van der Waals surface area contributed by atoms with E-state index in [4.69, 9.17) is 12.2 Å². The predicted octanol–water partition coefficient (Wildman–Crippen LogP) is 2.25. The average molecular weight is 384 g/mol. The number of hydrazine groups is 1. The van der Waals surface area contributed by atoms with Gasteiger partial charge in [-0.2, -0.15) is 0 Å². The molecule has 0 fully saturated rings. The molecule has 0 aliphatic rings. The van der Waals surface area contributed by atoms with Crippen LogP contribution in [-0.2, 0) is 4.79 Å². The largest absolute Gasteiger partial charge is 0.298 e. The maximum Gasteiger partial charge on any atom is 0.270 e. The molecule has 0 saturated carbocycles. The zero-order valence-corrected chi connectivity index (χ0v) is 15.1. The topological polar surface area (TPSA) is 113 Å². The van der Waals surface area contributed by atoms with E-state index in [1.165, 1.54) is 24.3 Å². The minimum absolute atomic E-state index is 0.0742. The highest BCUT2D eigenvalue weighted by molar-refractivity contribution is 7.80. The van der Waals surface area contributed by atoms with Crippen LogP contribution in [0.3, 0.4) is 0 Å². The Hall–Kier alpha value is -3.59. The van der Waals surface area contributed by atoms with Gasteiger partial charge in [0, 0.05) is 23.8 Å². The van der Waals surface area contributed by atoms with Crippen LogP contribution in [0.5, 0.6) is 0 Å². The Labute approximate surface area is 160 Å². The van der Waals surface area contributed by atoms with Gasteiger partial charge in [0.15, 0.2) is 5.11 Å². The number of nitro groups is 1. The number of rotatable bonds is 4. The number of carbonyl (C=O) groups is 2. The number of hydrogen-bond donors (Lipinski definition) is 3. The summed E-state index contributed by atoms with van der Waals surface area (Å²) in [7, 11) is 0. The smallest absolute Gasteiger partial charge is 0.270 e. The monoisotopic (exact) mass is 384 g/mol. The quantitative estimate of drug-likeness (QED) is 0.322. The Morgan fingerprint density at radius 2 is 1.81 bits per heavy atom. The third kappa shape index (κ3) is 6.33. The molecule has 3 N–H and O–H groups in total. The minimum atomic E-state index is -0.634. The Balaban J connectivity index is 1.83. The van der Waals surface area contributed by atoms with Crippen LogP contribution in [0.15, 0.2) is 54.6 Å². The fourth-order valence-corrected chi connectivity index (χ4v) is 2.13. The standard InChI is InChI=1S/C18H16N4O4S/c1-12-5-7-13(8-6-12)9-10-16(23)19-18(27)21-20-17(24)14-3-2-4-15(11-14)22(25)26/h2-11H,1H3,(H,20,24)(H2,19,21,23,27). The van der Waals surface area contributed by atoms with Crippen molar-refractivity contribution in [2.45, 2.75) is 6.92 Å². The summed E-state index contributed by atoms with van der Waals surface area (Å²) in [6, 6.07) is 12.8. The van der Waals surface area contributed by atoms with E-state index >= 15 is 0 Å². The summed E-state index contributed by atoms with van der Waals surface area (Å²) in [5.41, 5.74) is 6.45. The molecule has 0 radical (unpaired) electrons. The first-order valence-corrected chi connectivity index (χ1v) is 8.16. The normalized spacial score (nSPS) is 10.3. The molecule has 0 atom stereocenters. The summed E-state index contributed by atoms with van der Waals surface area (Å²) in [6.45, 7) is 1.96. The first-order valence-electron chi connectivity index (χ1n) is 7.75. The number of thiocarbonyl (C=S) groups is 1. The third-order valence-electron chi connectivity index (χ3n) is 3.35. The SMILES string of the molecule is Cc1ccc(C=CC(=O)NC(=S)NNC(=O)c2cccc([N+](=O)[O-])c2)cc1. The van der Waals surface area contributed by atoms with E-state index in [0.29, 0.717) is 0 Å². The highest BCUT2D eigenvalue weighted by Gasteiger charge is 2.11. The highest BCUT2D eigenvalue weighted by atomic mass is 32.1. The van der Waals surface area contributed by atoms with Crippen molar-refractivity contribution in [2.75, 3.05) is 0 Å². The number of carbonyl (C=O) groups excluding carboxylic acids is 2. The van der Waals surface area contributed by atoms with Crippen LogP contribution in [-0.4, -0.2) is 21.9 Å². The second-order valence-corrected chi connectivity index (χ2v) is 5.86. The van der Waals surface area contributed by atoms with Gasteiger partial charge in [-0.15, -0.1) is 0 Å². The summed E-state index contributed by atoms with van der Waals surface area (Å²) in [6.07, 6.45) is 2.93. The van der Waals surface area contributed by atoms with Crippen molar-refractivity contribution in [3.05, 3.63) is 81.4 Å². The maximum absolute atomic E-state index is 12.0.